The van der Waals surface area contributed by atoms with Crippen molar-refractivity contribution in [2.24, 2.45) is 5.92 Å². The van der Waals surface area contributed by atoms with E-state index in [2.05, 4.69) is 30.9 Å². The molecule has 0 radical (unpaired) electrons. The Morgan fingerprint density at radius 3 is 2.67 bits per heavy atom. The number of hydrogen-bond donors (Lipinski definition) is 0. The minimum absolute atomic E-state index is 0.0722. The fraction of sp³-hybridized carbons (Fsp3) is 0.375. The van der Waals surface area contributed by atoms with Crippen LogP contribution in [-0.2, 0) is 0 Å². The third-order valence-electron chi connectivity index (χ3n) is 3.95. The van der Waals surface area contributed by atoms with Crippen molar-refractivity contribution in [3.05, 3.63) is 46.7 Å². The molecule has 0 spiro atoms. The summed E-state index contributed by atoms with van der Waals surface area (Å²) in [7, 11) is 0. The average molecular weight is 395 g/mol. The second kappa shape index (κ2) is 7.65. The van der Waals surface area contributed by atoms with Crippen molar-refractivity contribution in [2.75, 3.05) is 19.7 Å². The number of hydrogen-bond acceptors (Lipinski definition) is 5. The standard InChI is InChI=1S/C16H16BrFN4O2/c17-12-7-20-16(21-8-12)24-10-11-2-5-22(6-3-11)15(23)13-1-4-19-9-14(13)18/h1,4,7-9,11H,2-3,5-6,10H2. The van der Waals surface area contributed by atoms with Crippen LogP contribution in [0.2, 0.25) is 0 Å². The van der Waals surface area contributed by atoms with E-state index < -0.39 is 5.82 Å². The third-order valence-corrected chi connectivity index (χ3v) is 4.36. The normalized spacial score (nSPS) is 15.3. The maximum absolute atomic E-state index is 13.7. The van der Waals surface area contributed by atoms with Crippen molar-refractivity contribution in [1.82, 2.24) is 19.9 Å². The Kier molecular flexibility index (Phi) is 5.34. The number of carbonyl (C=O) groups is 1. The monoisotopic (exact) mass is 394 g/mol. The molecule has 1 amide bonds. The summed E-state index contributed by atoms with van der Waals surface area (Å²) < 4.78 is 20.0. The van der Waals surface area contributed by atoms with Gasteiger partial charge in [-0.15, -0.1) is 0 Å². The molecule has 0 saturated carbocycles. The predicted octanol–water partition coefficient (Wildman–Crippen LogP) is 2.70. The zero-order valence-electron chi connectivity index (χ0n) is 12.9. The molecule has 3 rings (SSSR count). The van der Waals surface area contributed by atoms with Gasteiger partial charge in [0, 0.05) is 31.7 Å². The van der Waals surface area contributed by atoms with Gasteiger partial charge in [0.1, 0.15) is 0 Å². The van der Waals surface area contributed by atoms with Gasteiger partial charge >= 0.3 is 6.01 Å². The van der Waals surface area contributed by atoms with E-state index >= 15 is 0 Å². The molecule has 0 aromatic carbocycles. The van der Waals surface area contributed by atoms with Gasteiger partial charge in [0.15, 0.2) is 5.82 Å². The molecule has 0 unspecified atom stereocenters. The number of likely N-dealkylation sites (tertiary alicyclic amines) is 1. The van der Waals surface area contributed by atoms with Crippen molar-refractivity contribution >= 4 is 21.8 Å². The zero-order chi connectivity index (χ0) is 16.9. The van der Waals surface area contributed by atoms with E-state index in [1.807, 2.05) is 0 Å². The van der Waals surface area contributed by atoms with Crippen LogP contribution in [0.4, 0.5) is 4.39 Å². The Bertz CT molecular complexity index is 705. The largest absolute Gasteiger partial charge is 0.463 e. The highest BCUT2D eigenvalue weighted by Gasteiger charge is 2.25. The van der Waals surface area contributed by atoms with Gasteiger partial charge in [-0.2, -0.15) is 0 Å². The smallest absolute Gasteiger partial charge is 0.316 e. The zero-order valence-corrected chi connectivity index (χ0v) is 14.4. The Labute approximate surface area is 147 Å². The van der Waals surface area contributed by atoms with Gasteiger partial charge in [0.05, 0.1) is 22.8 Å². The van der Waals surface area contributed by atoms with E-state index in [1.165, 1.54) is 12.3 Å². The molecular formula is C16H16BrFN4O2. The fourth-order valence-corrected chi connectivity index (χ4v) is 2.79. The first-order valence-corrected chi connectivity index (χ1v) is 8.42. The number of ether oxygens (including phenoxy) is 1. The van der Waals surface area contributed by atoms with E-state index in [-0.39, 0.29) is 11.5 Å². The summed E-state index contributed by atoms with van der Waals surface area (Å²) in [5.74, 6) is -0.547. The first kappa shape index (κ1) is 16.8. The highest BCUT2D eigenvalue weighted by molar-refractivity contribution is 9.10. The van der Waals surface area contributed by atoms with Crippen LogP contribution < -0.4 is 4.74 Å². The van der Waals surface area contributed by atoms with Crippen molar-refractivity contribution in [3.63, 3.8) is 0 Å². The minimum atomic E-state index is -0.583. The summed E-state index contributed by atoms with van der Waals surface area (Å²) in [6, 6.07) is 1.76. The van der Waals surface area contributed by atoms with E-state index in [0.717, 1.165) is 23.5 Å². The number of pyridine rings is 1. The number of amides is 1. The Balaban J connectivity index is 1.49. The number of nitrogens with zero attached hydrogens (tertiary/aromatic N) is 4. The molecular weight excluding hydrogens is 379 g/mol. The lowest BCUT2D eigenvalue weighted by atomic mass is 9.97. The lowest BCUT2D eigenvalue weighted by Crippen LogP contribution is -2.40. The fourth-order valence-electron chi connectivity index (χ4n) is 2.59. The van der Waals surface area contributed by atoms with Crippen LogP contribution >= 0.6 is 15.9 Å². The molecule has 8 heteroatoms. The molecule has 24 heavy (non-hydrogen) atoms. The van der Waals surface area contributed by atoms with Crippen molar-refractivity contribution in [3.8, 4) is 6.01 Å². The highest BCUT2D eigenvalue weighted by atomic mass is 79.9. The van der Waals surface area contributed by atoms with Gasteiger partial charge in [-0.05, 0) is 40.8 Å². The molecule has 1 fully saturated rings. The predicted molar refractivity (Wildman–Crippen MR) is 88.0 cm³/mol. The SMILES string of the molecule is O=C(c1ccncc1F)N1CCC(COc2ncc(Br)cn2)CC1. The topological polar surface area (TPSA) is 68.2 Å². The average Bonchev–Trinajstić information content (AvgIpc) is 2.61. The second-order valence-electron chi connectivity index (χ2n) is 5.59. The van der Waals surface area contributed by atoms with Gasteiger partial charge in [-0.25, -0.2) is 14.4 Å². The summed E-state index contributed by atoms with van der Waals surface area (Å²) in [6.45, 7) is 1.67. The van der Waals surface area contributed by atoms with Gasteiger partial charge < -0.3 is 9.64 Å². The lowest BCUT2D eigenvalue weighted by molar-refractivity contribution is 0.0652. The quantitative estimate of drug-likeness (QED) is 0.797. The van der Waals surface area contributed by atoms with E-state index in [9.17, 15) is 9.18 Å². The van der Waals surface area contributed by atoms with Gasteiger partial charge in [-0.1, -0.05) is 0 Å². The first-order chi connectivity index (χ1) is 11.6. The number of halogens is 2. The Morgan fingerprint density at radius 2 is 2.00 bits per heavy atom. The molecule has 0 aliphatic carbocycles. The molecule has 126 valence electrons. The van der Waals surface area contributed by atoms with Crippen LogP contribution in [-0.4, -0.2) is 45.5 Å². The van der Waals surface area contributed by atoms with Gasteiger partial charge in [0.2, 0.25) is 0 Å². The minimum Gasteiger partial charge on any atom is -0.463 e. The van der Waals surface area contributed by atoms with Crippen molar-refractivity contribution in [2.45, 2.75) is 12.8 Å². The van der Waals surface area contributed by atoms with Gasteiger partial charge in [0.25, 0.3) is 5.91 Å². The molecule has 1 aliphatic rings. The third kappa shape index (κ3) is 4.05. The molecule has 2 aromatic heterocycles. The lowest BCUT2D eigenvalue weighted by Gasteiger charge is -2.31. The highest BCUT2D eigenvalue weighted by Crippen LogP contribution is 2.20. The first-order valence-electron chi connectivity index (χ1n) is 7.62. The molecule has 0 atom stereocenters. The number of piperidine rings is 1. The van der Waals surface area contributed by atoms with Crippen LogP contribution in [0.5, 0.6) is 6.01 Å². The van der Waals surface area contributed by atoms with E-state index in [4.69, 9.17) is 4.74 Å². The van der Waals surface area contributed by atoms with Crippen LogP contribution in [0, 0.1) is 11.7 Å². The summed E-state index contributed by atoms with van der Waals surface area (Å²) >= 11 is 3.27. The van der Waals surface area contributed by atoms with Crippen LogP contribution in [0.15, 0.2) is 35.3 Å². The molecule has 2 aromatic rings. The number of rotatable bonds is 4. The summed E-state index contributed by atoms with van der Waals surface area (Å²) in [4.78, 5) is 25.8. The molecule has 3 heterocycles. The summed E-state index contributed by atoms with van der Waals surface area (Å²) in [5, 5.41) is 0. The van der Waals surface area contributed by atoms with Crippen LogP contribution in [0.1, 0.15) is 23.2 Å². The Hall–Kier alpha value is -2.09. The molecule has 0 N–H and O–H groups in total. The van der Waals surface area contributed by atoms with Gasteiger partial charge in [-0.3, -0.25) is 9.78 Å². The second-order valence-corrected chi connectivity index (χ2v) is 6.50. The number of aromatic nitrogens is 3. The molecule has 6 nitrogen and oxygen atoms in total. The van der Waals surface area contributed by atoms with Crippen LogP contribution in [0.25, 0.3) is 0 Å². The molecule has 0 bridgehead atoms. The maximum atomic E-state index is 13.7. The maximum Gasteiger partial charge on any atom is 0.316 e. The van der Waals surface area contributed by atoms with E-state index in [0.29, 0.717) is 31.6 Å². The summed E-state index contributed by atoms with van der Waals surface area (Å²) in [6.07, 6.45) is 7.35. The van der Waals surface area contributed by atoms with Crippen LogP contribution in [0.3, 0.4) is 0 Å². The Morgan fingerprint density at radius 1 is 1.29 bits per heavy atom. The molecule has 1 aliphatic heterocycles. The summed E-state index contributed by atoms with van der Waals surface area (Å²) in [5.41, 5.74) is 0.0722. The molecule has 1 saturated heterocycles. The van der Waals surface area contributed by atoms with Crippen molar-refractivity contribution in [1.29, 1.82) is 0 Å². The number of carbonyl (C=O) groups excluding carboxylic acids is 1. The van der Waals surface area contributed by atoms with E-state index in [1.54, 1.807) is 17.3 Å². The van der Waals surface area contributed by atoms with Crippen molar-refractivity contribution < 1.29 is 13.9 Å².